The minimum atomic E-state index is -2.59. The zero-order valence-corrected chi connectivity index (χ0v) is 23.9. The number of ether oxygens (including phenoxy) is 1. The van der Waals surface area contributed by atoms with E-state index in [1.54, 1.807) is 0 Å². The molecule has 206 valence electrons. The molecular weight excluding hydrogens is 458 g/mol. The summed E-state index contributed by atoms with van der Waals surface area (Å²) in [4.78, 5) is 0. The average Bonchev–Trinajstić information content (AvgIpc) is 2.97. The van der Waals surface area contributed by atoms with E-state index in [0.29, 0.717) is 18.3 Å². The van der Waals surface area contributed by atoms with Crippen LogP contribution in [0.4, 0.5) is 8.78 Å². The number of aliphatic hydroxyl groups is 2. The van der Waals surface area contributed by atoms with Gasteiger partial charge in [0.1, 0.15) is 0 Å². The highest BCUT2D eigenvalue weighted by Crippen LogP contribution is 2.92. The largest absolute Gasteiger partial charge is 0.393 e. The van der Waals surface area contributed by atoms with Crippen LogP contribution >= 0.6 is 0 Å². The van der Waals surface area contributed by atoms with Crippen molar-refractivity contribution < 1.29 is 23.7 Å². The van der Waals surface area contributed by atoms with E-state index in [2.05, 4.69) is 27.7 Å². The lowest BCUT2D eigenvalue weighted by Crippen LogP contribution is -2.60. The van der Waals surface area contributed by atoms with E-state index >= 15 is 8.78 Å². The Morgan fingerprint density at radius 1 is 0.806 bits per heavy atom. The van der Waals surface area contributed by atoms with Gasteiger partial charge < -0.3 is 14.9 Å². The summed E-state index contributed by atoms with van der Waals surface area (Å²) < 4.78 is 37.1. The summed E-state index contributed by atoms with van der Waals surface area (Å²) in [5.74, 6) is -1.54. The molecule has 1 saturated heterocycles. The smallest absolute Gasteiger partial charge is 0.253 e. The fourth-order valence-corrected chi connectivity index (χ4v) is 12.7. The van der Waals surface area contributed by atoms with Gasteiger partial charge in [0.05, 0.1) is 23.4 Å². The van der Waals surface area contributed by atoms with Crippen LogP contribution in [-0.4, -0.2) is 39.5 Å². The summed E-state index contributed by atoms with van der Waals surface area (Å²) >= 11 is 0. The molecule has 11 atom stereocenters. The molecule has 2 spiro atoms. The molecule has 5 aliphatic carbocycles. The van der Waals surface area contributed by atoms with Crippen LogP contribution < -0.4 is 0 Å². The maximum atomic E-state index is 15.2. The molecule has 1 aliphatic heterocycles. The normalized spacial score (nSPS) is 59.0. The SMILES string of the molecule is CC1C23CCC(F)(F)C(C)(C)C2CCC2C13CCC1(C)C(C3(C)CCC(C(C)(C)O)O3)C(O)C[C@@]21C. The topological polar surface area (TPSA) is 49.7 Å². The molecule has 6 rings (SSSR count). The van der Waals surface area contributed by atoms with E-state index in [1.807, 2.05) is 27.7 Å². The minimum absolute atomic E-state index is 0.0227. The summed E-state index contributed by atoms with van der Waals surface area (Å²) in [6.45, 7) is 16.8. The molecule has 0 amide bonds. The lowest BCUT2D eigenvalue weighted by atomic mass is 9.41. The quantitative estimate of drug-likeness (QED) is 0.423. The van der Waals surface area contributed by atoms with Crippen molar-refractivity contribution in [2.75, 3.05) is 0 Å². The van der Waals surface area contributed by atoms with Gasteiger partial charge in [-0.2, -0.15) is 0 Å². The first-order valence-electron chi connectivity index (χ1n) is 14.8. The van der Waals surface area contributed by atoms with Crippen LogP contribution in [0.3, 0.4) is 0 Å². The molecule has 5 heteroatoms. The third-order valence-electron chi connectivity index (χ3n) is 14.6. The number of halogens is 2. The van der Waals surface area contributed by atoms with Gasteiger partial charge >= 0.3 is 0 Å². The van der Waals surface area contributed by atoms with Gasteiger partial charge in [0.15, 0.2) is 0 Å². The third-order valence-corrected chi connectivity index (χ3v) is 14.6. The second-order valence-electron chi connectivity index (χ2n) is 16.1. The Hall–Kier alpha value is -0.260. The van der Waals surface area contributed by atoms with Crippen molar-refractivity contribution in [3.8, 4) is 0 Å². The molecule has 6 fully saturated rings. The lowest BCUT2D eigenvalue weighted by Gasteiger charge is -2.63. The molecule has 0 aromatic carbocycles. The first-order valence-corrected chi connectivity index (χ1v) is 14.8. The summed E-state index contributed by atoms with van der Waals surface area (Å²) in [6.07, 6.45) is 6.51. The van der Waals surface area contributed by atoms with Gasteiger partial charge in [-0.05, 0) is 112 Å². The van der Waals surface area contributed by atoms with Crippen LogP contribution in [-0.2, 0) is 4.74 Å². The molecule has 6 aliphatic rings. The standard InChI is InChI=1S/C31H50F2O3/c1-18-29-15-16-31(32,33)24(2,3)20(29)9-10-21-27(7)17-19(34)23(26(27,6)13-14-30(18,21)29)28(8)12-11-22(36-28)25(4,5)35/h18-23,34-35H,9-17H2,1-8H3/t18?,19?,20?,21?,22?,23?,26?,27-,28?,29?,30?/m0/s1. The number of fused-ring (bicyclic) bond motifs is 2. The predicted molar refractivity (Wildman–Crippen MR) is 137 cm³/mol. The van der Waals surface area contributed by atoms with E-state index < -0.39 is 28.6 Å². The first kappa shape index (κ1) is 26.0. The monoisotopic (exact) mass is 508 g/mol. The maximum absolute atomic E-state index is 15.2. The van der Waals surface area contributed by atoms with Crippen molar-refractivity contribution in [2.45, 2.75) is 143 Å². The molecule has 0 radical (unpaired) electrons. The van der Waals surface area contributed by atoms with Gasteiger partial charge in [0.2, 0.25) is 0 Å². The van der Waals surface area contributed by atoms with Gasteiger partial charge in [-0.15, -0.1) is 0 Å². The van der Waals surface area contributed by atoms with Crippen molar-refractivity contribution in [1.29, 1.82) is 0 Å². The second-order valence-corrected chi connectivity index (χ2v) is 16.1. The number of hydrogen-bond donors (Lipinski definition) is 2. The van der Waals surface area contributed by atoms with Crippen molar-refractivity contribution in [1.82, 2.24) is 0 Å². The number of hydrogen-bond acceptors (Lipinski definition) is 3. The summed E-state index contributed by atoms with van der Waals surface area (Å²) in [5.41, 5.74) is -2.25. The van der Waals surface area contributed by atoms with Crippen LogP contribution in [0.2, 0.25) is 0 Å². The molecule has 0 bridgehead atoms. The Morgan fingerprint density at radius 3 is 2.00 bits per heavy atom. The van der Waals surface area contributed by atoms with Gasteiger partial charge in [0.25, 0.3) is 5.92 Å². The lowest BCUT2D eigenvalue weighted by molar-refractivity contribution is -0.222. The zero-order chi connectivity index (χ0) is 26.5. The molecule has 0 aromatic heterocycles. The van der Waals surface area contributed by atoms with E-state index in [4.69, 9.17) is 4.74 Å². The van der Waals surface area contributed by atoms with E-state index in [1.165, 1.54) is 0 Å². The minimum Gasteiger partial charge on any atom is -0.393 e. The summed E-state index contributed by atoms with van der Waals surface area (Å²) in [6, 6.07) is 0. The van der Waals surface area contributed by atoms with Crippen LogP contribution in [0, 0.1) is 50.7 Å². The Morgan fingerprint density at radius 2 is 1.39 bits per heavy atom. The molecule has 0 aromatic rings. The highest BCUT2D eigenvalue weighted by Gasteiger charge is 2.88. The first-order chi connectivity index (χ1) is 16.4. The number of alkyl halides is 2. The third kappa shape index (κ3) is 2.61. The predicted octanol–water partition coefficient (Wildman–Crippen LogP) is 6.99. The van der Waals surface area contributed by atoms with Gasteiger partial charge in [-0.1, -0.05) is 34.6 Å². The molecule has 10 unspecified atom stereocenters. The maximum Gasteiger partial charge on any atom is 0.253 e. The molecular formula is C31H50F2O3. The van der Waals surface area contributed by atoms with Crippen LogP contribution in [0.1, 0.15) is 113 Å². The van der Waals surface area contributed by atoms with E-state index in [0.717, 1.165) is 44.9 Å². The van der Waals surface area contributed by atoms with E-state index in [9.17, 15) is 10.2 Å². The molecule has 5 saturated carbocycles. The van der Waals surface area contributed by atoms with Crippen LogP contribution in [0.5, 0.6) is 0 Å². The molecule has 2 N–H and O–H groups in total. The van der Waals surface area contributed by atoms with Crippen molar-refractivity contribution in [3.05, 3.63) is 0 Å². The molecule has 3 nitrogen and oxygen atoms in total. The Labute approximate surface area is 217 Å². The van der Waals surface area contributed by atoms with Gasteiger partial charge in [-0.3, -0.25) is 0 Å². The Balaban J connectivity index is 1.37. The summed E-state index contributed by atoms with van der Waals surface area (Å²) in [7, 11) is 0. The summed E-state index contributed by atoms with van der Waals surface area (Å²) in [5, 5.41) is 22.4. The highest BCUT2D eigenvalue weighted by atomic mass is 19.3. The fraction of sp³-hybridized carbons (Fsp3) is 1.00. The number of aliphatic hydroxyl groups excluding tert-OH is 1. The van der Waals surface area contributed by atoms with Crippen molar-refractivity contribution in [2.24, 2.45) is 50.7 Å². The van der Waals surface area contributed by atoms with Crippen LogP contribution in [0.25, 0.3) is 0 Å². The van der Waals surface area contributed by atoms with Gasteiger partial charge in [0, 0.05) is 17.8 Å². The van der Waals surface area contributed by atoms with Crippen LogP contribution in [0.15, 0.2) is 0 Å². The highest BCUT2D eigenvalue weighted by molar-refractivity contribution is 5.35. The Bertz CT molecular complexity index is 958. The number of rotatable bonds is 2. The fourth-order valence-electron chi connectivity index (χ4n) is 12.7. The van der Waals surface area contributed by atoms with Gasteiger partial charge in [-0.25, -0.2) is 8.78 Å². The second kappa shape index (κ2) is 6.89. The van der Waals surface area contributed by atoms with E-state index in [-0.39, 0.29) is 46.0 Å². The zero-order valence-electron chi connectivity index (χ0n) is 23.9. The van der Waals surface area contributed by atoms with Crippen molar-refractivity contribution >= 4 is 0 Å². The van der Waals surface area contributed by atoms with Crippen molar-refractivity contribution in [3.63, 3.8) is 0 Å². The Kier molecular flexibility index (Phi) is 4.98. The molecule has 1 heterocycles. The molecule has 36 heavy (non-hydrogen) atoms. The average molecular weight is 509 g/mol.